The first-order valence-corrected chi connectivity index (χ1v) is 7.38. The van der Waals surface area contributed by atoms with Crippen molar-refractivity contribution in [2.24, 2.45) is 0 Å². The lowest BCUT2D eigenvalue weighted by Gasteiger charge is -2.31. The van der Waals surface area contributed by atoms with Crippen LogP contribution in [0, 0.1) is 5.82 Å². The molecule has 0 saturated carbocycles. The number of hydrogen-bond donors (Lipinski definition) is 1. The smallest absolute Gasteiger partial charge is 0.322 e. The van der Waals surface area contributed by atoms with E-state index >= 15 is 0 Å². The summed E-state index contributed by atoms with van der Waals surface area (Å²) in [6.45, 7) is 0.105. The highest BCUT2D eigenvalue weighted by molar-refractivity contribution is 7.89. The molecule has 0 aliphatic carbocycles. The lowest BCUT2D eigenvalue weighted by Crippen LogP contribution is -2.48. The van der Waals surface area contributed by atoms with Crippen molar-refractivity contribution in [1.82, 2.24) is 4.31 Å². The van der Waals surface area contributed by atoms with E-state index < -0.39 is 32.7 Å². The number of nitrogens with zero attached hydrogens (tertiary/aromatic N) is 1. The maximum atomic E-state index is 13.6. The van der Waals surface area contributed by atoms with Crippen molar-refractivity contribution < 1.29 is 22.7 Å². The van der Waals surface area contributed by atoms with Crippen LogP contribution in [0.4, 0.5) is 4.39 Å². The molecule has 1 aromatic rings. The fraction of sp³-hybridized carbons (Fsp3) is 0.417. The molecule has 0 spiro atoms. The van der Waals surface area contributed by atoms with E-state index in [4.69, 9.17) is 5.11 Å². The van der Waals surface area contributed by atoms with Crippen LogP contribution in [0.25, 0.3) is 0 Å². The minimum absolute atomic E-state index is 0.105. The topological polar surface area (TPSA) is 74.7 Å². The number of sulfonamides is 1. The summed E-state index contributed by atoms with van der Waals surface area (Å²) in [5.41, 5.74) is 0. The average Bonchev–Trinajstić information content (AvgIpc) is 2.39. The number of benzene rings is 1. The Balaban J connectivity index is 2.43. The van der Waals surface area contributed by atoms with Crippen LogP contribution in [0.3, 0.4) is 0 Å². The molecule has 2 rings (SSSR count). The summed E-state index contributed by atoms with van der Waals surface area (Å²) < 4.78 is 39.2. The lowest BCUT2D eigenvalue weighted by molar-refractivity contribution is -0.142. The largest absolute Gasteiger partial charge is 0.480 e. The van der Waals surface area contributed by atoms with Gasteiger partial charge in [-0.2, -0.15) is 4.31 Å². The third-order valence-electron chi connectivity index (χ3n) is 3.16. The predicted molar refractivity (Wildman–Crippen MR) is 65.6 cm³/mol. The summed E-state index contributed by atoms with van der Waals surface area (Å²) in [5.74, 6) is -2.06. The number of aliphatic carboxylic acids is 1. The summed E-state index contributed by atoms with van der Waals surface area (Å²) >= 11 is 0. The summed E-state index contributed by atoms with van der Waals surface area (Å²) in [7, 11) is -4.11. The highest BCUT2D eigenvalue weighted by Crippen LogP contribution is 2.26. The number of carbonyl (C=O) groups is 1. The van der Waals surface area contributed by atoms with Crippen LogP contribution < -0.4 is 0 Å². The monoisotopic (exact) mass is 287 g/mol. The van der Waals surface area contributed by atoms with E-state index in [-0.39, 0.29) is 13.0 Å². The fourth-order valence-corrected chi connectivity index (χ4v) is 3.94. The maximum Gasteiger partial charge on any atom is 0.322 e. The van der Waals surface area contributed by atoms with Gasteiger partial charge < -0.3 is 5.11 Å². The van der Waals surface area contributed by atoms with E-state index in [2.05, 4.69) is 0 Å². The summed E-state index contributed by atoms with van der Waals surface area (Å²) in [6.07, 6.45) is 1.49. The van der Waals surface area contributed by atoms with E-state index in [1.807, 2.05) is 0 Å². The van der Waals surface area contributed by atoms with Crippen molar-refractivity contribution in [3.8, 4) is 0 Å². The number of rotatable bonds is 3. The van der Waals surface area contributed by atoms with Crippen molar-refractivity contribution in [3.63, 3.8) is 0 Å². The van der Waals surface area contributed by atoms with Crippen molar-refractivity contribution in [2.75, 3.05) is 6.54 Å². The van der Waals surface area contributed by atoms with Gasteiger partial charge in [-0.1, -0.05) is 12.1 Å². The summed E-state index contributed by atoms with van der Waals surface area (Å²) in [4.78, 5) is 10.7. The molecule has 1 heterocycles. The van der Waals surface area contributed by atoms with Crippen LogP contribution in [0.15, 0.2) is 29.2 Å². The SMILES string of the molecule is O=C(O)C1CCCCN1S(=O)(=O)c1ccccc1F. The summed E-state index contributed by atoms with van der Waals surface area (Å²) in [6, 6.07) is 3.89. The van der Waals surface area contributed by atoms with Gasteiger partial charge in [-0.05, 0) is 31.4 Å². The van der Waals surface area contributed by atoms with E-state index in [1.165, 1.54) is 12.1 Å². The first kappa shape index (κ1) is 14.0. The second kappa shape index (κ2) is 5.26. The lowest BCUT2D eigenvalue weighted by atomic mass is 10.1. The van der Waals surface area contributed by atoms with Crippen molar-refractivity contribution >= 4 is 16.0 Å². The molecule has 0 amide bonds. The average molecular weight is 287 g/mol. The molecule has 0 aromatic heterocycles. The Labute approximate surface area is 110 Å². The Kier molecular flexibility index (Phi) is 3.86. The molecule has 104 valence electrons. The summed E-state index contributed by atoms with van der Waals surface area (Å²) in [5, 5.41) is 9.09. The molecular formula is C12H14FNO4S. The molecule has 1 aliphatic heterocycles. The van der Waals surface area contributed by atoms with Gasteiger partial charge in [0.05, 0.1) is 0 Å². The molecule has 0 bridgehead atoms. The highest BCUT2D eigenvalue weighted by atomic mass is 32.2. The van der Waals surface area contributed by atoms with Gasteiger partial charge in [0.2, 0.25) is 10.0 Å². The van der Waals surface area contributed by atoms with Gasteiger partial charge in [-0.25, -0.2) is 12.8 Å². The third-order valence-corrected chi connectivity index (χ3v) is 5.10. The van der Waals surface area contributed by atoms with Gasteiger partial charge in [0.1, 0.15) is 16.8 Å². The molecule has 1 unspecified atom stereocenters. The second-order valence-electron chi connectivity index (χ2n) is 4.40. The van der Waals surface area contributed by atoms with Crippen molar-refractivity contribution in [2.45, 2.75) is 30.2 Å². The molecule has 1 atom stereocenters. The predicted octanol–water partition coefficient (Wildman–Crippen LogP) is 1.45. The molecule has 1 saturated heterocycles. The number of halogens is 1. The number of carboxylic acids is 1. The van der Waals surface area contributed by atoms with Gasteiger partial charge in [-0.3, -0.25) is 4.79 Å². The minimum atomic E-state index is -4.11. The Morgan fingerprint density at radius 1 is 1.32 bits per heavy atom. The quantitative estimate of drug-likeness (QED) is 0.913. The molecule has 7 heteroatoms. The number of hydrogen-bond acceptors (Lipinski definition) is 3. The first-order valence-electron chi connectivity index (χ1n) is 5.94. The van der Waals surface area contributed by atoms with Gasteiger partial charge in [0, 0.05) is 6.54 Å². The van der Waals surface area contributed by atoms with Crippen LogP contribution in [0.2, 0.25) is 0 Å². The zero-order valence-electron chi connectivity index (χ0n) is 10.1. The number of piperidine rings is 1. The maximum absolute atomic E-state index is 13.6. The molecular weight excluding hydrogens is 273 g/mol. The van der Waals surface area contributed by atoms with Gasteiger partial charge >= 0.3 is 5.97 Å². The second-order valence-corrected chi connectivity index (χ2v) is 6.25. The van der Waals surface area contributed by atoms with Gasteiger partial charge in [-0.15, -0.1) is 0 Å². The van der Waals surface area contributed by atoms with E-state index in [1.54, 1.807) is 0 Å². The highest BCUT2D eigenvalue weighted by Gasteiger charge is 2.38. The van der Waals surface area contributed by atoms with E-state index in [0.29, 0.717) is 12.8 Å². The van der Waals surface area contributed by atoms with Crippen LogP contribution in [0.1, 0.15) is 19.3 Å². The molecule has 1 aromatic carbocycles. The third kappa shape index (κ3) is 2.62. The molecule has 5 nitrogen and oxygen atoms in total. The van der Waals surface area contributed by atoms with E-state index in [9.17, 15) is 17.6 Å². The zero-order valence-corrected chi connectivity index (χ0v) is 10.9. The fourth-order valence-electron chi connectivity index (χ4n) is 2.22. The Bertz CT molecular complexity index is 587. The Morgan fingerprint density at radius 3 is 2.63 bits per heavy atom. The van der Waals surface area contributed by atoms with Gasteiger partial charge in [0.25, 0.3) is 0 Å². The van der Waals surface area contributed by atoms with E-state index in [0.717, 1.165) is 16.4 Å². The molecule has 1 fully saturated rings. The van der Waals surface area contributed by atoms with Crippen molar-refractivity contribution in [3.05, 3.63) is 30.1 Å². The molecule has 1 N–H and O–H groups in total. The molecule has 0 radical (unpaired) electrons. The normalized spacial score (nSPS) is 21.2. The molecule has 19 heavy (non-hydrogen) atoms. The standard InChI is InChI=1S/C12H14FNO4S/c13-9-5-1-2-7-11(9)19(17,18)14-8-4-3-6-10(14)12(15)16/h1-2,5,7,10H,3-4,6,8H2,(H,15,16). The Hall–Kier alpha value is -1.47. The van der Waals surface area contributed by atoms with Crippen molar-refractivity contribution in [1.29, 1.82) is 0 Å². The van der Waals surface area contributed by atoms with Gasteiger partial charge in [0.15, 0.2) is 0 Å². The minimum Gasteiger partial charge on any atom is -0.480 e. The van der Waals surface area contributed by atoms with Crippen LogP contribution in [-0.4, -0.2) is 36.4 Å². The van der Waals surface area contributed by atoms with Crippen LogP contribution in [-0.2, 0) is 14.8 Å². The van der Waals surface area contributed by atoms with Crippen LogP contribution in [0.5, 0.6) is 0 Å². The molecule has 1 aliphatic rings. The van der Waals surface area contributed by atoms with Crippen LogP contribution >= 0.6 is 0 Å². The Morgan fingerprint density at radius 2 is 2.00 bits per heavy atom. The first-order chi connectivity index (χ1) is 8.94. The number of carboxylic acid groups (broad SMARTS) is 1. The zero-order chi connectivity index (χ0) is 14.0.